The maximum absolute atomic E-state index is 13.8. The molecule has 2 aromatic rings. The van der Waals surface area contributed by atoms with Crippen LogP contribution in [0.25, 0.3) is 0 Å². The van der Waals surface area contributed by atoms with Crippen molar-refractivity contribution in [3.05, 3.63) is 52.0 Å². The molecule has 0 aliphatic heterocycles. The van der Waals surface area contributed by atoms with E-state index in [0.29, 0.717) is 10.4 Å². The van der Waals surface area contributed by atoms with E-state index in [1.54, 1.807) is 25.1 Å². The molecular formula is C14H16FNO3S2. The molecule has 0 spiro atoms. The van der Waals surface area contributed by atoms with Crippen molar-refractivity contribution >= 4 is 21.4 Å². The van der Waals surface area contributed by atoms with Crippen LogP contribution in [0.2, 0.25) is 0 Å². The molecule has 0 saturated carbocycles. The molecule has 0 radical (unpaired) electrons. The summed E-state index contributed by atoms with van der Waals surface area (Å²) in [5.41, 5.74) is 0.321. The highest BCUT2D eigenvalue weighted by Crippen LogP contribution is 2.29. The molecule has 0 aliphatic carbocycles. The number of rotatable bonds is 5. The van der Waals surface area contributed by atoms with Crippen molar-refractivity contribution in [2.45, 2.75) is 24.5 Å². The maximum atomic E-state index is 13.8. The van der Waals surface area contributed by atoms with Crippen LogP contribution in [0.4, 0.5) is 4.39 Å². The van der Waals surface area contributed by atoms with E-state index in [1.165, 1.54) is 35.9 Å². The fraction of sp³-hybridized carbons (Fsp3) is 0.286. The molecule has 0 saturated heterocycles. The van der Waals surface area contributed by atoms with E-state index in [1.807, 2.05) is 0 Å². The minimum Gasteiger partial charge on any atom is -0.391 e. The zero-order valence-corrected chi connectivity index (χ0v) is 13.3. The van der Waals surface area contributed by atoms with E-state index in [-0.39, 0.29) is 11.5 Å². The third kappa shape index (κ3) is 3.16. The fourth-order valence-corrected chi connectivity index (χ4v) is 4.43. The SMILES string of the molecule is CC(c1ccccc1F)N(C)S(=O)(=O)c1csc(CO)c1. The number of aliphatic hydroxyl groups is 1. The van der Waals surface area contributed by atoms with Crippen molar-refractivity contribution < 1.29 is 17.9 Å². The summed E-state index contributed by atoms with van der Waals surface area (Å²) in [5, 5.41) is 10.5. The van der Waals surface area contributed by atoms with Crippen LogP contribution in [-0.4, -0.2) is 24.9 Å². The van der Waals surface area contributed by atoms with Crippen LogP contribution in [0.5, 0.6) is 0 Å². The van der Waals surface area contributed by atoms with Gasteiger partial charge in [-0.2, -0.15) is 4.31 Å². The Labute approximate surface area is 127 Å². The van der Waals surface area contributed by atoms with Crippen LogP contribution in [0.3, 0.4) is 0 Å². The fourth-order valence-electron chi connectivity index (χ4n) is 1.96. The first-order valence-electron chi connectivity index (χ1n) is 6.28. The number of sulfonamides is 1. The van der Waals surface area contributed by atoms with Crippen molar-refractivity contribution in [3.8, 4) is 0 Å². The standard InChI is InChI=1S/C14H16FNO3S2/c1-10(13-5-3-4-6-14(13)15)16(2)21(18,19)12-7-11(8-17)20-9-12/h3-7,9-10,17H,8H2,1-2H3. The Morgan fingerprint density at radius 1 is 1.38 bits per heavy atom. The van der Waals surface area contributed by atoms with Gasteiger partial charge in [0.05, 0.1) is 11.5 Å². The van der Waals surface area contributed by atoms with Gasteiger partial charge in [0, 0.05) is 28.9 Å². The Morgan fingerprint density at radius 3 is 2.62 bits per heavy atom. The molecule has 4 nitrogen and oxygen atoms in total. The molecule has 1 heterocycles. The average molecular weight is 329 g/mol. The lowest BCUT2D eigenvalue weighted by Crippen LogP contribution is -2.30. The summed E-state index contributed by atoms with van der Waals surface area (Å²) in [6.45, 7) is 1.43. The summed E-state index contributed by atoms with van der Waals surface area (Å²) in [7, 11) is -2.31. The molecule has 2 rings (SSSR count). The van der Waals surface area contributed by atoms with E-state index in [0.717, 1.165) is 4.31 Å². The second kappa shape index (κ2) is 6.23. The molecule has 7 heteroatoms. The van der Waals surface area contributed by atoms with E-state index in [2.05, 4.69) is 0 Å². The van der Waals surface area contributed by atoms with Gasteiger partial charge in [-0.05, 0) is 19.1 Å². The minimum absolute atomic E-state index is 0.113. The molecule has 0 fully saturated rings. The highest BCUT2D eigenvalue weighted by molar-refractivity contribution is 7.89. The van der Waals surface area contributed by atoms with E-state index < -0.39 is 21.9 Å². The normalized spacial score (nSPS) is 13.6. The van der Waals surface area contributed by atoms with Crippen LogP contribution in [0, 0.1) is 5.82 Å². The number of nitrogens with zero attached hydrogens (tertiary/aromatic N) is 1. The van der Waals surface area contributed by atoms with Gasteiger partial charge in [-0.25, -0.2) is 12.8 Å². The van der Waals surface area contributed by atoms with Crippen molar-refractivity contribution in [2.75, 3.05) is 7.05 Å². The number of benzene rings is 1. The Balaban J connectivity index is 2.34. The van der Waals surface area contributed by atoms with Crippen molar-refractivity contribution in [2.24, 2.45) is 0 Å². The number of halogens is 1. The van der Waals surface area contributed by atoms with Gasteiger partial charge in [-0.3, -0.25) is 0 Å². The molecule has 1 atom stereocenters. The quantitative estimate of drug-likeness (QED) is 0.918. The second-order valence-corrected chi connectivity index (χ2v) is 7.62. The Kier molecular flexibility index (Phi) is 4.77. The van der Waals surface area contributed by atoms with Crippen LogP contribution < -0.4 is 0 Å². The molecule has 1 unspecified atom stereocenters. The lowest BCUT2D eigenvalue weighted by molar-refractivity contribution is 0.285. The number of aliphatic hydroxyl groups excluding tert-OH is 1. The third-order valence-electron chi connectivity index (χ3n) is 3.36. The Bertz CT molecular complexity index is 727. The summed E-state index contributed by atoms with van der Waals surface area (Å²) in [6, 6.07) is 6.91. The van der Waals surface area contributed by atoms with Crippen molar-refractivity contribution in [1.29, 1.82) is 0 Å². The summed E-state index contributed by atoms with van der Waals surface area (Å²) in [5.74, 6) is -0.437. The van der Waals surface area contributed by atoms with Gasteiger partial charge in [0.2, 0.25) is 10.0 Å². The molecule has 1 N–H and O–H groups in total. The predicted molar refractivity (Wildman–Crippen MR) is 80.0 cm³/mol. The molecule has 1 aromatic heterocycles. The molecular weight excluding hydrogens is 313 g/mol. The first-order valence-corrected chi connectivity index (χ1v) is 8.60. The monoisotopic (exact) mass is 329 g/mol. The zero-order valence-electron chi connectivity index (χ0n) is 11.7. The largest absolute Gasteiger partial charge is 0.391 e. The van der Waals surface area contributed by atoms with Crippen molar-refractivity contribution in [1.82, 2.24) is 4.31 Å². The number of hydrogen-bond donors (Lipinski definition) is 1. The smallest absolute Gasteiger partial charge is 0.244 e. The Morgan fingerprint density at radius 2 is 2.05 bits per heavy atom. The number of hydrogen-bond acceptors (Lipinski definition) is 4. The highest BCUT2D eigenvalue weighted by Gasteiger charge is 2.28. The zero-order chi connectivity index (χ0) is 15.6. The summed E-state index contributed by atoms with van der Waals surface area (Å²) >= 11 is 1.17. The van der Waals surface area contributed by atoms with Crippen LogP contribution >= 0.6 is 11.3 Å². The third-order valence-corrected chi connectivity index (χ3v) is 6.34. The molecule has 0 bridgehead atoms. The van der Waals surface area contributed by atoms with Crippen LogP contribution in [0.1, 0.15) is 23.4 Å². The minimum atomic E-state index is -3.73. The van der Waals surface area contributed by atoms with Gasteiger partial charge < -0.3 is 5.11 Å². The average Bonchev–Trinajstić information content (AvgIpc) is 2.96. The van der Waals surface area contributed by atoms with Gasteiger partial charge in [-0.1, -0.05) is 18.2 Å². The second-order valence-electron chi connectivity index (χ2n) is 4.63. The van der Waals surface area contributed by atoms with Gasteiger partial charge in [0.15, 0.2) is 0 Å². The number of thiophene rings is 1. The van der Waals surface area contributed by atoms with Gasteiger partial charge in [0.1, 0.15) is 5.82 Å². The highest BCUT2D eigenvalue weighted by atomic mass is 32.2. The van der Waals surface area contributed by atoms with Gasteiger partial charge in [-0.15, -0.1) is 11.3 Å². The van der Waals surface area contributed by atoms with Gasteiger partial charge in [0.25, 0.3) is 0 Å². The molecule has 114 valence electrons. The van der Waals surface area contributed by atoms with Crippen LogP contribution in [-0.2, 0) is 16.6 Å². The lowest BCUT2D eigenvalue weighted by atomic mass is 10.1. The maximum Gasteiger partial charge on any atom is 0.244 e. The summed E-state index contributed by atoms with van der Waals surface area (Å²) in [4.78, 5) is 0.683. The molecule has 0 amide bonds. The van der Waals surface area contributed by atoms with Gasteiger partial charge >= 0.3 is 0 Å². The predicted octanol–water partition coefficient (Wildman–Crippen LogP) is 2.76. The van der Waals surface area contributed by atoms with E-state index in [4.69, 9.17) is 5.11 Å². The Hall–Kier alpha value is -1.28. The topological polar surface area (TPSA) is 57.6 Å². The first kappa shape index (κ1) is 16.1. The molecule has 21 heavy (non-hydrogen) atoms. The summed E-state index contributed by atoms with van der Waals surface area (Å²) < 4.78 is 40.0. The molecule has 0 aliphatic rings. The van der Waals surface area contributed by atoms with Crippen molar-refractivity contribution in [3.63, 3.8) is 0 Å². The first-order chi connectivity index (χ1) is 9.87. The summed E-state index contributed by atoms with van der Waals surface area (Å²) in [6.07, 6.45) is 0. The molecule has 1 aromatic carbocycles. The van der Waals surface area contributed by atoms with Crippen LogP contribution in [0.15, 0.2) is 40.6 Å². The van der Waals surface area contributed by atoms with E-state index in [9.17, 15) is 12.8 Å². The lowest BCUT2D eigenvalue weighted by Gasteiger charge is -2.24. The van der Waals surface area contributed by atoms with E-state index >= 15 is 0 Å².